The molecule has 6 nitrogen and oxygen atoms in total. The van der Waals surface area contributed by atoms with Gasteiger partial charge in [-0.15, -0.1) is 0 Å². The number of amides is 1. The van der Waals surface area contributed by atoms with E-state index >= 15 is 0 Å². The summed E-state index contributed by atoms with van der Waals surface area (Å²) in [4.78, 5) is 13.9. The van der Waals surface area contributed by atoms with Gasteiger partial charge in [0.05, 0.1) is 20.3 Å². The molecular weight excluding hydrogens is 284 g/mol. The second-order valence-electron chi connectivity index (χ2n) is 5.97. The van der Waals surface area contributed by atoms with E-state index in [0.29, 0.717) is 31.1 Å². The Morgan fingerprint density at radius 2 is 1.95 bits per heavy atom. The third kappa shape index (κ3) is 5.81. The van der Waals surface area contributed by atoms with E-state index < -0.39 is 11.7 Å². The lowest BCUT2D eigenvalue weighted by Crippen LogP contribution is -2.38. The number of anilines is 1. The van der Waals surface area contributed by atoms with Crippen molar-refractivity contribution in [3.63, 3.8) is 0 Å². The normalized spacial score (nSPS) is 11.1. The van der Waals surface area contributed by atoms with Crippen LogP contribution in [-0.4, -0.2) is 44.0 Å². The predicted octanol–water partition coefficient (Wildman–Crippen LogP) is 2.66. The number of nitrogens with two attached hydrogens (primary N) is 1. The van der Waals surface area contributed by atoms with Crippen LogP contribution in [0.2, 0.25) is 0 Å². The highest BCUT2D eigenvalue weighted by molar-refractivity contribution is 5.68. The minimum Gasteiger partial charge on any atom is -0.496 e. The lowest BCUT2D eigenvalue weighted by molar-refractivity contribution is 0.0183. The Hall–Kier alpha value is -1.95. The Morgan fingerprint density at radius 1 is 1.27 bits per heavy atom. The second-order valence-corrected chi connectivity index (χ2v) is 5.97. The highest BCUT2D eigenvalue weighted by Crippen LogP contribution is 2.23. The van der Waals surface area contributed by atoms with Gasteiger partial charge in [-0.2, -0.15) is 0 Å². The molecule has 0 saturated heterocycles. The van der Waals surface area contributed by atoms with Gasteiger partial charge in [-0.25, -0.2) is 4.79 Å². The number of nitrogen functional groups attached to an aromatic ring is 1. The van der Waals surface area contributed by atoms with Crippen LogP contribution in [0.25, 0.3) is 0 Å². The quantitative estimate of drug-likeness (QED) is 0.818. The van der Waals surface area contributed by atoms with Crippen molar-refractivity contribution in [2.75, 3.05) is 33.1 Å². The van der Waals surface area contributed by atoms with Gasteiger partial charge >= 0.3 is 6.09 Å². The van der Waals surface area contributed by atoms with Crippen molar-refractivity contribution in [2.45, 2.75) is 32.9 Å². The van der Waals surface area contributed by atoms with Crippen LogP contribution >= 0.6 is 0 Å². The average molecular weight is 310 g/mol. The van der Waals surface area contributed by atoms with Crippen molar-refractivity contribution in [1.29, 1.82) is 0 Å². The molecule has 0 aromatic heterocycles. The van der Waals surface area contributed by atoms with E-state index in [1.54, 1.807) is 37.3 Å². The number of carbonyl (C=O) groups excluding carboxylic acids is 1. The summed E-state index contributed by atoms with van der Waals surface area (Å²) in [6.07, 6.45) is -0.394. The summed E-state index contributed by atoms with van der Waals surface area (Å²) in [6.45, 7) is 6.68. The molecule has 0 atom stereocenters. The molecule has 6 heteroatoms. The maximum atomic E-state index is 12.3. The Bertz CT molecular complexity index is 497. The van der Waals surface area contributed by atoms with Crippen molar-refractivity contribution < 1.29 is 19.0 Å². The Kier molecular flexibility index (Phi) is 6.49. The van der Waals surface area contributed by atoms with Crippen LogP contribution in [0.5, 0.6) is 5.75 Å². The van der Waals surface area contributed by atoms with E-state index in [0.717, 1.165) is 5.56 Å². The third-order valence-corrected chi connectivity index (χ3v) is 2.88. The van der Waals surface area contributed by atoms with Gasteiger partial charge in [-0.05, 0) is 39.0 Å². The topological polar surface area (TPSA) is 74.0 Å². The van der Waals surface area contributed by atoms with Crippen molar-refractivity contribution >= 4 is 11.8 Å². The summed E-state index contributed by atoms with van der Waals surface area (Å²) in [5.74, 6) is 0.681. The molecule has 1 aromatic carbocycles. The van der Waals surface area contributed by atoms with E-state index in [-0.39, 0.29) is 0 Å². The van der Waals surface area contributed by atoms with Gasteiger partial charge in [0, 0.05) is 24.9 Å². The van der Waals surface area contributed by atoms with E-state index in [4.69, 9.17) is 19.9 Å². The Balaban J connectivity index is 2.93. The summed E-state index contributed by atoms with van der Waals surface area (Å²) in [7, 11) is 3.18. The van der Waals surface area contributed by atoms with Crippen LogP contribution in [-0.2, 0) is 16.0 Å². The summed E-state index contributed by atoms with van der Waals surface area (Å²) < 4.78 is 15.8. The van der Waals surface area contributed by atoms with Gasteiger partial charge < -0.3 is 24.8 Å². The van der Waals surface area contributed by atoms with E-state index in [2.05, 4.69) is 0 Å². The molecule has 1 aromatic rings. The van der Waals surface area contributed by atoms with Crippen LogP contribution < -0.4 is 10.5 Å². The molecule has 0 aliphatic rings. The molecule has 1 rings (SSSR count). The highest BCUT2D eigenvalue weighted by Gasteiger charge is 2.23. The number of hydrogen-bond acceptors (Lipinski definition) is 5. The highest BCUT2D eigenvalue weighted by atomic mass is 16.6. The minimum absolute atomic E-state index is 0.340. The number of rotatable bonds is 6. The standard InChI is InChI=1S/C16H26N2O4/c1-16(2,3)22-15(19)18(8-9-20-4)11-12-10-13(17)6-7-14(12)21-5/h6-7,10H,8-9,11,17H2,1-5H3. The second kappa shape index (κ2) is 7.89. The summed E-state index contributed by atoms with van der Waals surface area (Å²) in [6, 6.07) is 5.34. The third-order valence-electron chi connectivity index (χ3n) is 2.88. The molecule has 1 amide bonds. The van der Waals surface area contributed by atoms with Crippen LogP contribution in [0.1, 0.15) is 26.3 Å². The van der Waals surface area contributed by atoms with E-state index in [1.807, 2.05) is 20.8 Å². The molecule has 22 heavy (non-hydrogen) atoms. The van der Waals surface area contributed by atoms with Crippen molar-refractivity contribution in [1.82, 2.24) is 4.90 Å². The number of methoxy groups -OCH3 is 2. The smallest absolute Gasteiger partial charge is 0.410 e. The first-order chi connectivity index (χ1) is 10.3. The molecule has 124 valence electrons. The van der Waals surface area contributed by atoms with Crippen molar-refractivity contribution in [2.24, 2.45) is 0 Å². The molecule has 0 radical (unpaired) electrons. The van der Waals surface area contributed by atoms with Crippen molar-refractivity contribution in [3.8, 4) is 5.75 Å². The van der Waals surface area contributed by atoms with Gasteiger partial charge in [-0.1, -0.05) is 0 Å². The summed E-state index contributed by atoms with van der Waals surface area (Å²) in [5.41, 5.74) is 6.71. The predicted molar refractivity (Wildman–Crippen MR) is 85.9 cm³/mol. The van der Waals surface area contributed by atoms with E-state index in [9.17, 15) is 4.79 Å². The molecule has 2 N–H and O–H groups in total. The fourth-order valence-corrected chi connectivity index (χ4v) is 1.89. The number of benzene rings is 1. The molecule has 0 heterocycles. The number of hydrogen-bond donors (Lipinski definition) is 1. The zero-order chi connectivity index (χ0) is 16.8. The molecule has 0 aliphatic heterocycles. The first-order valence-corrected chi connectivity index (χ1v) is 7.16. The first-order valence-electron chi connectivity index (χ1n) is 7.16. The number of carbonyl (C=O) groups is 1. The molecule has 0 aliphatic carbocycles. The van der Waals surface area contributed by atoms with Gasteiger partial charge in [0.15, 0.2) is 0 Å². The van der Waals surface area contributed by atoms with Crippen molar-refractivity contribution in [3.05, 3.63) is 23.8 Å². The monoisotopic (exact) mass is 310 g/mol. The maximum Gasteiger partial charge on any atom is 0.410 e. The number of ether oxygens (including phenoxy) is 3. The van der Waals surface area contributed by atoms with Crippen LogP contribution in [0.3, 0.4) is 0 Å². The van der Waals surface area contributed by atoms with Gasteiger partial charge in [0.1, 0.15) is 11.4 Å². The average Bonchev–Trinajstić information content (AvgIpc) is 2.41. The van der Waals surface area contributed by atoms with Crippen LogP contribution in [0, 0.1) is 0 Å². The lowest BCUT2D eigenvalue weighted by atomic mass is 10.1. The largest absolute Gasteiger partial charge is 0.496 e. The zero-order valence-electron chi connectivity index (χ0n) is 14.0. The molecule has 0 spiro atoms. The molecular formula is C16H26N2O4. The zero-order valence-corrected chi connectivity index (χ0v) is 14.0. The fraction of sp³-hybridized carbons (Fsp3) is 0.562. The van der Waals surface area contributed by atoms with Gasteiger partial charge in [-0.3, -0.25) is 0 Å². The van der Waals surface area contributed by atoms with E-state index in [1.165, 1.54) is 0 Å². The Morgan fingerprint density at radius 3 is 2.50 bits per heavy atom. The lowest BCUT2D eigenvalue weighted by Gasteiger charge is -2.27. The molecule has 0 fully saturated rings. The van der Waals surface area contributed by atoms with Crippen LogP contribution in [0.4, 0.5) is 10.5 Å². The van der Waals surface area contributed by atoms with Gasteiger partial charge in [0.25, 0.3) is 0 Å². The SMILES string of the molecule is COCCN(Cc1cc(N)ccc1OC)C(=O)OC(C)(C)C. The maximum absolute atomic E-state index is 12.3. The summed E-state index contributed by atoms with van der Waals surface area (Å²) in [5, 5.41) is 0. The van der Waals surface area contributed by atoms with Crippen LogP contribution in [0.15, 0.2) is 18.2 Å². The Labute approximate surface area is 132 Å². The molecule has 0 saturated carbocycles. The first kappa shape index (κ1) is 18.1. The summed E-state index contributed by atoms with van der Waals surface area (Å²) >= 11 is 0. The fourth-order valence-electron chi connectivity index (χ4n) is 1.89. The molecule has 0 bridgehead atoms. The minimum atomic E-state index is -0.553. The molecule has 0 unspecified atom stereocenters. The number of nitrogens with zero attached hydrogens (tertiary/aromatic N) is 1. The van der Waals surface area contributed by atoms with Gasteiger partial charge in [0.2, 0.25) is 0 Å².